The molecule has 1 aromatic heterocycles. The molecule has 0 bridgehead atoms. The van der Waals surface area contributed by atoms with Gasteiger partial charge in [0.15, 0.2) is 5.69 Å². The van der Waals surface area contributed by atoms with Crippen LogP contribution in [0.15, 0.2) is 0 Å². The van der Waals surface area contributed by atoms with E-state index < -0.39 is 52.9 Å². The van der Waals surface area contributed by atoms with Gasteiger partial charge >= 0.3 is 18.2 Å². The Labute approximate surface area is 156 Å². The normalized spacial score (nSPS) is 11.4. The average molecular weight is 419 g/mol. The van der Waals surface area contributed by atoms with Crippen molar-refractivity contribution in [2.75, 3.05) is 24.4 Å². The summed E-state index contributed by atoms with van der Waals surface area (Å²) in [5.74, 6) is -1.48. The van der Waals surface area contributed by atoms with Crippen LogP contribution in [0, 0.1) is 0 Å². The smallest absolute Gasteiger partial charge is 0.434 e. The van der Waals surface area contributed by atoms with E-state index in [0.29, 0.717) is 0 Å². The number of nitrogens with one attached hydrogen (secondary N) is 1. The van der Waals surface area contributed by atoms with Crippen LogP contribution in [0.2, 0.25) is 0 Å². The summed E-state index contributed by atoms with van der Waals surface area (Å²) in [6, 6.07) is 0. The molecule has 1 rings (SSSR count). The van der Waals surface area contributed by atoms with Crippen LogP contribution in [0.4, 0.5) is 32.4 Å². The first-order valence-corrected chi connectivity index (χ1v) is 8.20. The van der Waals surface area contributed by atoms with Crippen molar-refractivity contribution >= 4 is 29.4 Å². The van der Waals surface area contributed by atoms with Crippen LogP contribution in [-0.4, -0.2) is 36.1 Å². The van der Waals surface area contributed by atoms with Crippen molar-refractivity contribution in [1.29, 1.82) is 0 Å². The zero-order valence-electron chi connectivity index (χ0n) is 14.3. The molecule has 1 amide bonds. The molecule has 0 aliphatic rings. The van der Waals surface area contributed by atoms with E-state index in [2.05, 4.69) is 14.5 Å². The van der Waals surface area contributed by atoms with Gasteiger partial charge in [0.25, 0.3) is 6.43 Å². The van der Waals surface area contributed by atoms with Gasteiger partial charge < -0.3 is 9.47 Å². The maximum absolute atomic E-state index is 13.3. The van der Waals surface area contributed by atoms with E-state index >= 15 is 0 Å². The topological polar surface area (TPSA) is 77.5 Å². The Kier molecular flexibility index (Phi) is 8.20. The van der Waals surface area contributed by atoms with E-state index in [1.54, 1.807) is 0 Å². The highest BCUT2D eigenvalue weighted by atomic mass is 35.5. The Morgan fingerprint density at radius 2 is 1.85 bits per heavy atom. The maximum Gasteiger partial charge on any atom is 0.434 e. The third-order valence-electron chi connectivity index (χ3n) is 3.17. The van der Waals surface area contributed by atoms with Crippen molar-refractivity contribution in [2.45, 2.75) is 32.9 Å². The fraction of sp³-hybridized carbons (Fsp3) is 0.533. The lowest BCUT2D eigenvalue weighted by atomic mass is 9.99. The van der Waals surface area contributed by atoms with Gasteiger partial charge in [-0.05, 0) is 18.9 Å². The number of esters is 1. The summed E-state index contributed by atoms with van der Waals surface area (Å²) < 4.78 is 75.8. The molecule has 1 heterocycles. The van der Waals surface area contributed by atoms with E-state index in [0.717, 1.165) is 0 Å². The quantitative estimate of drug-likeness (QED) is 0.399. The monoisotopic (exact) mass is 418 g/mol. The Morgan fingerprint density at radius 1 is 1.22 bits per heavy atom. The highest BCUT2D eigenvalue weighted by Gasteiger charge is 2.42. The van der Waals surface area contributed by atoms with Gasteiger partial charge in [-0.15, -0.1) is 11.6 Å². The lowest BCUT2D eigenvalue weighted by Gasteiger charge is -2.21. The van der Waals surface area contributed by atoms with Gasteiger partial charge in [-0.1, -0.05) is 6.92 Å². The summed E-state index contributed by atoms with van der Waals surface area (Å²) in [4.78, 5) is 26.7. The summed E-state index contributed by atoms with van der Waals surface area (Å²) in [5, 5.41) is 1.92. The minimum Gasteiger partial charge on any atom is -0.462 e. The molecule has 0 saturated carbocycles. The molecule has 0 aliphatic carbocycles. The molecule has 0 spiro atoms. The molecule has 0 fully saturated rings. The molecule has 0 unspecified atom stereocenters. The second-order valence-corrected chi connectivity index (χ2v) is 5.27. The number of pyridine rings is 1. The van der Waals surface area contributed by atoms with Gasteiger partial charge in [-0.3, -0.25) is 5.32 Å². The Balaban J connectivity index is 3.71. The first kappa shape index (κ1) is 22.9. The number of halogens is 6. The predicted octanol–water partition coefficient (Wildman–Crippen LogP) is 4.56. The van der Waals surface area contributed by atoms with E-state index in [-0.39, 0.29) is 25.5 Å². The number of ether oxygens (including phenoxy) is 2. The van der Waals surface area contributed by atoms with Crippen molar-refractivity contribution < 1.29 is 41.0 Å². The second-order valence-electron chi connectivity index (χ2n) is 4.90. The number of hydrogen-bond donors (Lipinski definition) is 1. The van der Waals surface area contributed by atoms with Crippen molar-refractivity contribution in [3.8, 4) is 0 Å². The first-order chi connectivity index (χ1) is 12.6. The summed E-state index contributed by atoms with van der Waals surface area (Å²) in [5.41, 5.74) is -5.41. The minimum atomic E-state index is -5.20. The lowest BCUT2D eigenvalue weighted by Crippen LogP contribution is -2.25. The fourth-order valence-corrected chi connectivity index (χ4v) is 2.28. The van der Waals surface area contributed by atoms with Crippen LogP contribution in [-0.2, 0) is 22.1 Å². The molecule has 0 aliphatic heterocycles. The Hall–Kier alpha value is -2.17. The van der Waals surface area contributed by atoms with Gasteiger partial charge in [-0.25, -0.2) is 23.4 Å². The van der Waals surface area contributed by atoms with Crippen LogP contribution in [0.3, 0.4) is 0 Å². The highest BCUT2D eigenvalue weighted by Crippen LogP contribution is 2.39. The molecule has 0 saturated heterocycles. The molecule has 152 valence electrons. The van der Waals surface area contributed by atoms with E-state index in [9.17, 15) is 31.5 Å². The molecule has 1 aromatic rings. The van der Waals surface area contributed by atoms with Gasteiger partial charge in [0.05, 0.1) is 23.7 Å². The van der Waals surface area contributed by atoms with E-state index in [1.807, 2.05) is 5.32 Å². The van der Waals surface area contributed by atoms with Gasteiger partial charge in [0, 0.05) is 0 Å². The van der Waals surface area contributed by atoms with Crippen molar-refractivity contribution in [1.82, 2.24) is 4.98 Å². The van der Waals surface area contributed by atoms with Gasteiger partial charge in [-0.2, -0.15) is 13.2 Å². The van der Waals surface area contributed by atoms with Crippen LogP contribution < -0.4 is 5.32 Å². The third-order valence-corrected chi connectivity index (χ3v) is 3.33. The summed E-state index contributed by atoms with van der Waals surface area (Å²) in [6.07, 6.45) is -10.2. The zero-order chi connectivity index (χ0) is 20.8. The highest BCUT2D eigenvalue weighted by molar-refractivity contribution is 6.18. The minimum absolute atomic E-state index is 0.0882. The average Bonchev–Trinajstić information content (AvgIpc) is 2.58. The summed E-state index contributed by atoms with van der Waals surface area (Å²) >= 11 is 5.34. The van der Waals surface area contributed by atoms with Crippen LogP contribution in [0.25, 0.3) is 0 Å². The number of alkyl halides is 6. The number of hydrogen-bond acceptors (Lipinski definition) is 5. The van der Waals surface area contributed by atoms with Gasteiger partial charge in [0.2, 0.25) is 0 Å². The molecular formula is C15H16ClF5N2O4. The Bertz CT molecular complexity index is 698. The number of aromatic nitrogens is 1. The van der Waals surface area contributed by atoms with Crippen LogP contribution in [0.1, 0.15) is 47.6 Å². The number of anilines is 1. The summed E-state index contributed by atoms with van der Waals surface area (Å²) in [7, 11) is 0. The standard InChI is InChI=1S/C15H16ClF5N2O4/c1-3-7-8(13(24)26-4-2)11(15(19,20)21)22-10(12(17)18)9(7)23-14(25)27-6-5-16/h12H,3-6H2,1-2H3,(H,23,25). The SMILES string of the molecule is CCOC(=O)c1c(C(F)(F)F)nc(C(F)F)c(NC(=O)OCCCl)c1CC. The molecule has 6 nitrogen and oxygen atoms in total. The van der Waals surface area contributed by atoms with Crippen LogP contribution in [0.5, 0.6) is 0 Å². The predicted molar refractivity (Wildman–Crippen MR) is 85.2 cm³/mol. The summed E-state index contributed by atoms with van der Waals surface area (Å²) in [6.45, 7) is 2.16. The van der Waals surface area contributed by atoms with E-state index in [4.69, 9.17) is 11.6 Å². The van der Waals surface area contributed by atoms with Crippen molar-refractivity contribution in [2.24, 2.45) is 0 Å². The molecule has 0 radical (unpaired) electrons. The maximum atomic E-state index is 13.3. The largest absolute Gasteiger partial charge is 0.462 e. The second kappa shape index (κ2) is 9.67. The Morgan fingerprint density at radius 3 is 2.30 bits per heavy atom. The van der Waals surface area contributed by atoms with Crippen molar-refractivity contribution in [3.05, 3.63) is 22.5 Å². The molecule has 12 heteroatoms. The molecule has 1 N–H and O–H groups in total. The number of nitrogens with zero attached hydrogens (tertiary/aromatic N) is 1. The molecule has 27 heavy (non-hydrogen) atoms. The molecule has 0 aromatic carbocycles. The first-order valence-electron chi connectivity index (χ1n) is 7.67. The number of carbonyl (C=O) groups is 2. The molecular weight excluding hydrogens is 403 g/mol. The fourth-order valence-electron chi connectivity index (χ4n) is 2.20. The van der Waals surface area contributed by atoms with Crippen LogP contribution >= 0.6 is 11.6 Å². The lowest BCUT2D eigenvalue weighted by molar-refractivity contribution is -0.142. The number of rotatable bonds is 7. The zero-order valence-corrected chi connectivity index (χ0v) is 15.0. The third kappa shape index (κ3) is 5.65. The van der Waals surface area contributed by atoms with Gasteiger partial charge in [0.1, 0.15) is 12.3 Å². The van der Waals surface area contributed by atoms with E-state index in [1.165, 1.54) is 13.8 Å². The van der Waals surface area contributed by atoms with Crippen molar-refractivity contribution in [3.63, 3.8) is 0 Å². The number of carbonyl (C=O) groups excluding carboxylic acids is 2. The molecule has 0 atom stereocenters. The number of amides is 1.